The van der Waals surface area contributed by atoms with E-state index in [2.05, 4.69) is 59.9 Å². The van der Waals surface area contributed by atoms with Crippen molar-refractivity contribution in [2.24, 2.45) is 5.73 Å². The van der Waals surface area contributed by atoms with Crippen molar-refractivity contribution in [1.29, 1.82) is 0 Å². The molecular formula is C20H28N2O. The van der Waals surface area contributed by atoms with Gasteiger partial charge in [-0.05, 0) is 30.4 Å². The van der Waals surface area contributed by atoms with Gasteiger partial charge in [0.25, 0.3) is 0 Å². The Morgan fingerprint density at radius 2 is 1.57 bits per heavy atom. The van der Waals surface area contributed by atoms with Gasteiger partial charge >= 0.3 is 0 Å². The largest absolute Gasteiger partial charge is 0.390 e. The summed E-state index contributed by atoms with van der Waals surface area (Å²) in [6.45, 7) is 0.831. The quantitative estimate of drug-likeness (QED) is 0.591. The maximum Gasteiger partial charge on any atom is 0.0786 e. The van der Waals surface area contributed by atoms with Crippen LogP contribution in [-0.4, -0.2) is 24.3 Å². The number of hydrogen-bond acceptors (Lipinski definition) is 3. The maximum atomic E-state index is 9.69. The maximum absolute atomic E-state index is 9.69. The summed E-state index contributed by atoms with van der Waals surface area (Å²) in [7, 11) is 0. The molecule has 0 aliphatic heterocycles. The number of unbranched alkanes of at least 4 members (excludes halogenated alkanes) is 1. The van der Waals surface area contributed by atoms with Gasteiger partial charge in [0, 0.05) is 19.1 Å². The molecule has 3 heteroatoms. The first-order chi connectivity index (χ1) is 11.3. The monoisotopic (exact) mass is 312 g/mol. The van der Waals surface area contributed by atoms with Gasteiger partial charge in [-0.1, -0.05) is 67.1 Å². The molecule has 0 heterocycles. The zero-order chi connectivity index (χ0) is 16.3. The molecule has 2 unspecified atom stereocenters. The lowest BCUT2D eigenvalue weighted by Gasteiger charge is -2.21. The van der Waals surface area contributed by atoms with Gasteiger partial charge in [-0.25, -0.2) is 0 Å². The third kappa shape index (κ3) is 6.53. The van der Waals surface area contributed by atoms with E-state index in [9.17, 15) is 5.11 Å². The smallest absolute Gasteiger partial charge is 0.0786 e. The van der Waals surface area contributed by atoms with Gasteiger partial charge < -0.3 is 16.2 Å². The number of nitrogens with two attached hydrogens (primary N) is 1. The molecule has 3 nitrogen and oxygen atoms in total. The highest BCUT2D eigenvalue weighted by molar-refractivity contribution is 5.19. The van der Waals surface area contributed by atoms with Gasteiger partial charge in [0.1, 0.15) is 0 Å². The van der Waals surface area contributed by atoms with Crippen molar-refractivity contribution in [2.45, 2.75) is 37.8 Å². The van der Waals surface area contributed by atoms with Gasteiger partial charge in [-0.15, -0.1) is 0 Å². The van der Waals surface area contributed by atoms with Crippen LogP contribution in [-0.2, 0) is 6.42 Å². The van der Waals surface area contributed by atoms with Crippen LogP contribution in [0.2, 0.25) is 0 Å². The number of aliphatic hydroxyl groups excluding tert-OH is 1. The van der Waals surface area contributed by atoms with Crippen molar-refractivity contribution in [3.8, 4) is 0 Å². The van der Waals surface area contributed by atoms with Crippen LogP contribution in [0.5, 0.6) is 0 Å². The molecule has 0 aliphatic rings. The van der Waals surface area contributed by atoms with Crippen LogP contribution in [0.15, 0.2) is 60.7 Å². The highest BCUT2D eigenvalue weighted by atomic mass is 16.3. The topological polar surface area (TPSA) is 58.3 Å². The van der Waals surface area contributed by atoms with Crippen molar-refractivity contribution in [1.82, 2.24) is 5.32 Å². The van der Waals surface area contributed by atoms with Crippen LogP contribution in [0.3, 0.4) is 0 Å². The Bertz CT molecular complexity index is 530. The fourth-order valence-electron chi connectivity index (χ4n) is 2.76. The summed E-state index contributed by atoms with van der Waals surface area (Å²) in [6, 6.07) is 21.3. The number of rotatable bonds is 10. The van der Waals surface area contributed by atoms with Crippen molar-refractivity contribution in [2.75, 3.05) is 13.1 Å². The Kier molecular flexibility index (Phi) is 7.81. The molecule has 2 aromatic rings. The van der Waals surface area contributed by atoms with E-state index in [-0.39, 0.29) is 6.04 Å². The SMILES string of the molecule is NCC(O)CNC(CCCCc1ccccc1)c1ccccc1. The van der Waals surface area contributed by atoms with Crippen LogP contribution < -0.4 is 11.1 Å². The minimum atomic E-state index is -0.481. The Labute approximate surface area is 139 Å². The zero-order valence-electron chi connectivity index (χ0n) is 13.7. The second-order valence-electron chi connectivity index (χ2n) is 5.99. The van der Waals surface area contributed by atoms with Crippen molar-refractivity contribution in [3.05, 3.63) is 71.8 Å². The molecule has 2 atom stereocenters. The first-order valence-electron chi connectivity index (χ1n) is 8.50. The number of benzene rings is 2. The molecule has 0 saturated heterocycles. The highest BCUT2D eigenvalue weighted by Crippen LogP contribution is 2.20. The summed E-state index contributed by atoms with van der Waals surface area (Å²) >= 11 is 0. The lowest BCUT2D eigenvalue weighted by molar-refractivity contribution is 0.173. The van der Waals surface area contributed by atoms with E-state index in [1.165, 1.54) is 17.5 Å². The minimum Gasteiger partial charge on any atom is -0.390 e. The third-order valence-electron chi connectivity index (χ3n) is 4.12. The first-order valence-corrected chi connectivity index (χ1v) is 8.50. The summed E-state index contributed by atoms with van der Waals surface area (Å²) in [5.41, 5.74) is 8.17. The van der Waals surface area contributed by atoms with Crippen LogP contribution in [0.4, 0.5) is 0 Å². The average Bonchev–Trinajstić information content (AvgIpc) is 2.62. The average molecular weight is 312 g/mol. The molecule has 0 fully saturated rings. The molecule has 23 heavy (non-hydrogen) atoms. The number of aryl methyl sites for hydroxylation is 1. The fourth-order valence-corrected chi connectivity index (χ4v) is 2.76. The fraction of sp³-hybridized carbons (Fsp3) is 0.400. The Morgan fingerprint density at radius 1 is 0.913 bits per heavy atom. The summed E-state index contributed by atoms with van der Waals surface area (Å²) < 4.78 is 0. The lowest BCUT2D eigenvalue weighted by atomic mass is 9.99. The van der Waals surface area contributed by atoms with E-state index in [0.29, 0.717) is 13.1 Å². The first kappa shape index (κ1) is 17.7. The molecule has 0 amide bonds. The van der Waals surface area contributed by atoms with Gasteiger partial charge in [-0.2, -0.15) is 0 Å². The zero-order valence-corrected chi connectivity index (χ0v) is 13.7. The molecule has 0 bridgehead atoms. The molecule has 0 spiro atoms. The minimum absolute atomic E-state index is 0.271. The second-order valence-corrected chi connectivity index (χ2v) is 5.99. The van der Waals surface area contributed by atoms with Crippen molar-refractivity contribution < 1.29 is 5.11 Å². The predicted molar refractivity (Wildman–Crippen MR) is 96.2 cm³/mol. The van der Waals surface area contributed by atoms with Gasteiger partial charge in [0.2, 0.25) is 0 Å². The summed E-state index contributed by atoms with van der Waals surface area (Å²) in [4.78, 5) is 0. The second kappa shape index (κ2) is 10.2. The van der Waals surface area contributed by atoms with Gasteiger partial charge in [0.05, 0.1) is 6.10 Å². The molecule has 2 aromatic carbocycles. The van der Waals surface area contributed by atoms with Crippen LogP contribution in [0.1, 0.15) is 36.4 Å². The highest BCUT2D eigenvalue weighted by Gasteiger charge is 2.12. The number of aliphatic hydroxyl groups is 1. The molecule has 0 radical (unpaired) electrons. The molecular weight excluding hydrogens is 284 g/mol. The number of nitrogens with one attached hydrogen (secondary N) is 1. The molecule has 0 aromatic heterocycles. The normalized spacial score (nSPS) is 13.7. The van der Waals surface area contributed by atoms with Crippen molar-refractivity contribution in [3.63, 3.8) is 0 Å². The Hall–Kier alpha value is -1.68. The molecule has 124 valence electrons. The molecule has 2 rings (SSSR count). The standard InChI is InChI=1S/C20H28N2O/c21-15-19(23)16-22-20(18-12-5-2-6-13-18)14-8-7-11-17-9-3-1-4-10-17/h1-6,9-10,12-13,19-20,22-23H,7-8,11,14-16,21H2. The van der Waals surface area contributed by atoms with E-state index in [1.54, 1.807) is 0 Å². The third-order valence-corrected chi connectivity index (χ3v) is 4.12. The van der Waals surface area contributed by atoms with E-state index in [4.69, 9.17) is 5.73 Å². The lowest BCUT2D eigenvalue weighted by Crippen LogP contribution is -2.34. The van der Waals surface area contributed by atoms with Crippen molar-refractivity contribution >= 4 is 0 Å². The van der Waals surface area contributed by atoms with E-state index < -0.39 is 6.10 Å². The number of hydrogen-bond donors (Lipinski definition) is 3. The van der Waals surface area contributed by atoms with E-state index in [0.717, 1.165) is 19.3 Å². The van der Waals surface area contributed by atoms with Gasteiger partial charge in [-0.3, -0.25) is 0 Å². The van der Waals surface area contributed by atoms with Crippen LogP contribution in [0, 0.1) is 0 Å². The Balaban J connectivity index is 1.82. The van der Waals surface area contributed by atoms with Crippen LogP contribution >= 0.6 is 0 Å². The summed E-state index contributed by atoms with van der Waals surface area (Å²) in [5, 5.41) is 13.1. The van der Waals surface area contributed by atoms with E-state index in [1.807, 2.05) is 6.07 Å². The van der Waals surface area contributed by atoms with Gasteiger partial charge in [0.15, 0.2) is 0 Å². The summed E-state index contributed by atoms with van der Waals surface area (Å²) in [5.74, 6) is 0. The summed E-state index contributed by atoms with van der Waals surface area (Å²) in [6.07, 6.45) is 4.03. The molecule has 0 saturated carbocycles. The van der Waals surface area contributed by atoms with Crippen LogP contribution in [0.25, 0.3) is 0 Å². The molecule has 4 N–H and O–H groups in total. The Morgan fingerprint density at radius 3 is 2.22 bits per heavy atom. The van der Waals surface area contributed by atoms with E-state index >= 15 is 0 Å². The predicted octanol–water partition coefficient (Wildman–Crippen LogP) is 3.05. The molecule has 0 aliphatic carbocycles.